The van der Waals surface area contributed by atoms with Crippen molar-refractivity contribution < 1.29 is 0 Å². The number of anilines is 1. The topological polar surface area (TPSA) is 51.8 Å². The fraction of sp³-hybridized carbons (Fsp3) is 0.176. The Morgan fingerprint density at radius 3 is 2.75 bits per heavy atom. The quantitative estimate of drug-likeness (QED) is 0.766. The number of benzene rings is 1. The lowest BCUT2D eigenvalue weighted by atomic mass is 9.97. The predicted octanol–water partition coefficient (Wildman–Crippen LogP) is 3.75. The lowest BCUT2D eigenvalue weighted by molar-refractivity contribution is 1.04. The van der Waals surface area contributed by atoms with Crippen LogP contribution in [0.25, 0.3) is 22.0 Å². The van der Waals surface area contributed by atoms with E-state index in [1.807, 2.05) is 24.4 Å². The largest absolute Gasteiger partial charge is 0.384 e. The Labute approximate surface area is 118 Å². The van der Waals surface area contributed by atoms with Crippen molar-refractivity contribution in [1.29, 1.82) is 0 Å². The van der Waals surface area contributed by atoms with Gasteiger partial charge in [0.2, 0.25) is 0 Å². The summed E-state index contributed by atoms with van der Waals surface area (Å²) < 4.78 is 0. The molecule has 3 aromatic rings. The molecular weight excluding hydrogens is 246 g/mol. The van der Waals surface area contributed by atoms with E-state index in [9.17, 15) is 0 Å². The summed E-state index contributed by atoms with van der Waals surface area (Å²) in [6.07, 6.45) is 2.68. The Bertz CT molecular complexity index is 778. The minimum atomic E-state index is 0.565. The number of hydrogen-bond donors (Lipinski definition) is 1. The second-order valence-corrected chi connectivity index (χ2v) is 4.97. The number of nitrogens with zero attached hydrogens (tertiary/aromatic N) is 2. The summed E-state index contributed by atoms with van der Waals surface area (Å²) in [5, 5.41) is 1.15. The molecule has 2 aromatic heterocycles. The summed E-state index contributed by atoms with van der Waals surface area (Å²) in [5.74, 6) is 0.565. The van der Waals surface area contributed by atoms with Gasteiger partial charge in [0.1, 0.15) is 5.82 Å². The molecule has 3 nitrogen and oxygen atoms in total. The first-order chi connectivity index (χ1) is 9.69. The van der Waals surface area contributed by atoms with Crippen LogP contribution < -0.4 is 5.73 Å². The van der Waals surface area contributed by atoms with Gasteiger partial charge in [-0.15, -0.1) is 0 Å². The standard InChI is InChI=1S/C17H17N3/c1-3-15-13(6-7-16(18)20-15)14-10-11(2)9-12-5-4-8-19-17(12)14/h4-10H,3H2,1-2H3,(H2,18,20). The van der Waals surface area contributed by atoms with Crippen LogP contribution in [0, 0.1) is 6.92 Å². The molecule has 0 aliphatic carbocycles. The highest BCUT2D eigenvalue weighted by Gasteiger charge is 2.11. The second-order valence-electron chi connectivity index (χ2n) is 4.97. The third-order valence-corrected chi connectivity index (χ3v) is 3.47. The summed E-state index contributed by atoms with van der Waals surface area (Å²) in [7, 11) is 0. The molecule has 0 unspecified atom stereocenters. The Balaban J connectivity index is 2.34. The summed E-state index contributed by atoms with van der Waals surface area (Å²) >= 11 is 0. The molecule has 3 rings (SSSR count). The molecule has 2 heterocycles. The molecule has 0 spiro atoms. The van der Waals surface area contributed by atoms with Crippen molar-refractivity contribution in [1.82, 2.24) is 9.97 Å². The zero-order chi connectivity index (χ0) is 14.1. The molecule has 0 amide bonds. The maximum atomic E-state index is 5.80. The molecule has 0 aliphatic rings. The van der Waals surface area contributed by atoms with E-state index in [0.717, 1.165) is 34.1 Å². The number of pyridine rings is 2. The highest BCUT2D eigenvalue weighted by atomic mass is 14.8. The normalized spacial score (nSPS) is 10.9. The van der Waals surface area contributed by atoms with E-state index in [4.69, 9.17) is 5.73 Å². The number of nitrogen functional groups attached to an aromatic ring is 1. The number of hydrogen-bond acceptors (Lipinski definition) is 3. The van der Waals surface area contributed by atoms with E-state index in [1.165, 1.54) is 5.56 Å². The van der Waals surface area contributed by atoms with Gasteiger partial charge in [-0.25, -0.2) is 4.98 Å². The van der Waals surface area contributed by atoms with Crippen LogP contribution in [-0.4, -0.2) is 9.97 Å². The zero-order valence-electron chi connectivity index (χ0n) is 11.7. The average molecular weight is 263 g/mol. The van der Waals surface area contributed by atoms with Crippen molar-refractivity contribution in [3.8, 4) is 11.1 Å². The molecular formula is C17H17N3. The molecule has 0 atom stereocenters. The molecule has 100 valence electrons. The van der Waals surface area contributed by atoms with E-state index in [1.54, 1.807) is 0 Å². The van der Waals surface area contributed by atoms with Crippen molar-refractivity contribution in [2.75, 3.05) is 5.73 Å². The first-order valence-electron chi connectivity index (χ1n) is 6.80. The fourth-order valence-electron chi connectivity index (χ4n) is 2.58. The van der Waals surface area contributed by atoms with E-state index in [-0.39, 0.29) is 0 Å². The Kier molecular flexibility index (Phi) is 3.11. The smallest absolute Gasteiger partial charge is 0.123 e. The highest BCUT2D eigenvalue weighted by molar-refractivity contribution is 5.94. The van der Waals surface area contributed by atoms with Crippen LogP contribution in [0.5, 0.6) is 0 Å². The minimum absolute atomic E-state index is 0.565. The van der Waals surface area contributed by atoms with Gasteiger partial charge in [0.05, 0.1) is 11.2 Å². The summed E-state index contributed by atoms with van der Waals surface area (Å²) in [5.41, 5.74) is 11.3. The molecule has 20 heavy (non-hydrogen) atoms. The van der Waals surface area contributed by atoms with Gasteiger partial charge >= 0.3 is 0 Å². The minimum Gasteiger partial charge on any atom is -0.384 e. The van der Waals surface area contributed by atoms with Crippen molar-refractivity contribution in [2.45, 2.75) is 20.3 Å². The molecule has 0 bridgehead atoms. The molecule has 0 saturated carbocycles. The Hall–Kier alpha value is -2.42. The number of aromatic nitrogens is 2. The second kappa shape index (κ2) is 4.93. The Morgan fingerprint density at radius 2 is 1.95 bits per heavy atom. The van der Waals surface area contributed by atoms with Crippen molar-refractivity contribution in [3.05, 3.63) is 53.9 Å². The van der Waals surface area contributed by atoms with Gasteiger partial charge in [0, 0.05) is 22.7 Å². The summed E-state index contributed by atoms with van der Waals surface area (Å²) in [4.78, 5) is 8.99. The van der Waals surface area contributed by atoms with Crippen LogP contribution in [0.3, 0.4) is 0 Å². The van der Waals surface area contributed by atoms with Gasteiger partial charge in [0.15, 0.2) is 0 Å². The highest BCUT2D eigenvalue weighted by Crippen LogP contribution is 2.31. The van der Waals surface area contributed by atoms with E-state index in [2.05, 4.69) is 42.0 Å². The lowest BCUT2D eigenvalue weighted by Gasteiger charge is -2.11. The third kappa shape index (κ3) is 2.11. The first-order valence-corrected chi connectivity index (χ1v) is 6.80. The molecule has 3 heteroatoms. The monoisotopic (exact) mass is 263 g/mol. The number of aryl methyl sites for hydroxylation is 2. The van der Waals surface area contributed by atoms with E-state index in [0.29, 0.717) is 5.82 Å². The van der Waals surface area contributed by atoms with Gasteiger partial charge < -0.3 is 5.73 Å². The van der Waals surface area contributed by atoms with Gasteiger partial charge in [-0.2, -0.15) is 0 Å². The van der Waals surface area contributed by atoms with E-state index < -0.39 is 0 Å². The molecule has 1 aromatic carbocycles. The predicted molar refractivity (Wildman–Crippen MR) is 83.5 cm³/mol. The molecule has 0 radical (unpaired) electrons. The number of fused-ring (bicyclic) bond motifs is 1. The zero-order valence-corrected chi connectivity index (χ0v) is 11.7. The molecule has 2 N–H and O–H groups in total. The first kappa shape index (κ1) is 12.6. The van der Waals surface area contributed by atoms with Crippen LogP contribution >= 0.6 is 0 Å². The van der Waals surface area contributed by atoms with Crippen molar-refractivity contribution in [3.63, 3.8) is 0 Å². The fourth-order valence-corrected chi connectivity index (χ4v) is 2.58. The van der Waals surface area contributed by atoms with Crippen molar-refractivity contribution >= 4 is 16.7 Å². The third-order valence-electron chi connectivity index (χ3n) is 3.47. The SMILES string of the molecule is CCc1nc(N)ccc1-c1cc(C)cc2cccnc12. The van der Waals surface area contributed by atoms with Crippen LogP contribution in [-0.2, 0) is 6.42 Å². The van der Waals surface area contributed by atoms with Crippen LogP contribution in [0.15, 0.2) is 42.6 Å². The van der Waals surface area contributed by atoms with Crippen molar-refractivity contribution in [2.24, 2.45) is 0 Å². The van der Waals surface area contributed by atoms with E-state index >= 15 is 0 Å². The van der Waals surface area contributed by atoms with Gasteiger partial charge in [-0.05, 0) is 49.2 Å². The maximum absolute atomic E-state index is 5.80. The van der Waals surface area contributed by atoms with Gasteiger partial charge in [-0.3, -0.25) is 4.98 Å². The van der Waals surface area contributed by atoms with Gasteiger partial charge in [-0.1, -0.05) is 13.0 Å². The lowest BCUT2D eigenvalue weighted by Crippen LogP contribution is -1.98. The molecule has 0 fully saturated rings. The maximum Gasteiger partial charge on any atom is 0.123 e. The Morgan fingerprint density at radius 1 is 1.10 bits per heavy atom. The molecule has 0 aliphatic heterocycles. The van der Waals surface area contributed by atoms with Crippen LogP contribution in [0.1, 0.15) is 18.2 Å². The molecule has 0 saturated heterocycles. The summed E-state index contributed by atoms with van der Waals surface area (Å²) in [6.45, 7) is 4.20. The summed E-state index contributed by atoms with van der Waals surface area (Å²) in [6, 6.07) is 12.3. The van der Waals surface area contributed by atoms with Gasteiger partial charge in [0.25, 0.3) is 0 Å². The van der Waals surface area contributed by atoms with Crippen LogP contribution in [0.4, 0.5) is 5.82 Å². The number of nitrogens with two attached hydrogens (primary N) is 1. The average Bonchev–Trinajstić information content (AvgIpc) is 2.46. The van der Waals surface area contributed by atoms with Crippen LogP contribution in [0.2, 0.25) is 0 Å². The number of rotatable bonds is 2.